The maximum absolute atomic E-state index is 9.49. The fraction of sp³-hybridized carbons (Fsp3) is 0.385. The number of methoxy groups -OCH3 is 1. The van der Waals surface area contributed by atoms with E-state index in [0.717, 1.165) is 5.56 Å². The molecule has 2 aromatic rings. The van der Waals surface area contributed by atoms with Crippen LogP contribution in [0.25, 0.3) is 11.4 Å². The van der Waals surface area contributed by atoms with Crippen molar-refractivity contribution in [3.8, 4) is 17.1 Å². The number of rotatable bonds is 3. The van der Waals surface area contributed by atoms with Crippen molar-refractivity contribution in [1.29, 1.82) is 0 Å². The second kappa shape index (κ2) is 4.99. The molecule has 0 spiro atoms. The van der Waals surface area contributed by atoms with E-state index in [1.807, 2.05) is 24.3 Å². The monoisotopic (exact) mass is 261 g/mol. The van der Waals surface area contributed by atoms with E-state index in [9.17, 15) is 5.11 Å². The maximum Gasteiger partial charge on any atom is 0.244 e. The smallest absolute Gasteiger partial charge is 0.244 e. The highest BCUT2D eigenvalue weighted by Gasteiger charge is 2.28. The number of aliphatic hydroxyl groups excluding tert-OH is 1. The van der Waals surface area contributed by atoms with E-state index in [-0.39, 0.29) is 12.1 Å². The third-order valence-electron chi connectivity index (χ3n) is 3.20. The van der Waals surface area contributed by atoms with E-state index in [1.54, 1.807) is 7.11 Å². The molecule has 19 heavy (non-hydrogen) atoms. The Kier molecular flexibility index (Phi) is 3.18. The lowest BCUT2D eigenvalue weighted by atomic mass is 10.2. The first-order valence-electron chi connectivity index (χ1n) is 6.16. The van der Waals surface area contributed by atoms with Crippen LogP contribution in [-0.2, 0) is 0 Å². The summed E-state index contributed by atoms with van der Waals surface area (Å²) in [5.41, 5.74) is 0.790. The average molecular weight is 261 g/mol. The molecule has 1 aromatic carbocycles. The van der Waals surface area contributed by atoms with Crippen LogP contribution in [0.5, 0.6) is 5.75 Å². The van der Waals surface area contributed by atoms with E-state index in [2.05, 4.69) is 15.5 Å². The van der Waals surface area contributed by atoms with E-state index in [4.69, 9.17) is 9.26 Å². The molecule has 0 aliphatic carbocycles. The second-order valence-electron chi connectivity index (χ2n) is 4.51. The lowest BCUT2D eigenvalue weighted by Gasteiger charge is -2.03. The van der Waals surface area contributed by atoms with Gasteiger partial charge in [-0.05, 0) is 18.6 Å². The Morgan fingerprint density at radius 1 is 1.42 bits per heavy atom. The van der Waals surface area contributed by atoms with Crippen LogP contribution in [0.3, 0.4) is 0 Å². The molecule has 2 atom stereocenters. The van der Waals surface area contributed by atoms with Crippen molar-refractivity contribution in [2.24, 2.45) is 0 Å². The summed E-state index contributed by atoms with van der Waals surface area (Å²) < 4.78 is 10.5. The molecule has 0 unspecified atom stereocenters. The number of β-amino-alcohol motifs (C(OH)–C–C–N with tert-alkyl or cyclic N) is 1. The number of hydrogen-bond donors (Lipinski definition) is 2. The third kappa shape index (κ3) is 2.32. The zero-order valence-electron chi connectivity index (χ0n) is 10.5. The predicted molar refractivity (Wildman–Crippen MR) is 67.7 cm³/mol. The zero-order chi connectivity index (χ0) is 13.2. The van der Waals surface area contributed by atoms with E-state index in [0.29, 0.717) is 30.4 Å². The van der Waals surface area contributed by atoms with E-state index < -0.39 is 0 Å². The first kappa shape index (κ1) is 12.1. The lowest BCUT2D eigenvalue weighted by Crippen LogP contribution is -2.15. The topological polar surface area (TPSA) is 80.4 Å². The van der Waals surface area contributed by atoms with Crippen molar-refractivity contribution in [1.82, 2.24) is 15.5 Å². The van der Waals surface area contributed by atoms with Crippen molar-refractivity contribution in [2.75, 3.05) is 13.7 Å². The molecule has 0 amide bonds. The highest BCUT2D eigenvalue weighted by Crippen LogP contribution is 2.29. The normalized spacial score (nSPS) is 22.6. The summed E-state index contributed by atoms with van der Waals surface area (Å²) in [6, 6.07) is 7.43. The third-order valence-corrected chi connectivity index (χ3v) is 3.20. The molecule has 3 rings (SSSR count). The van der Waals surface area contributed by atoms with Gasteiger partial charge in [-0.15, -0.1) is 0 Å². The van der Waals surface area contributed by atoms with Gasteiger partial charge in [0.05, 0.1) is 24.8 Å². The van der Waals surface area contributed by atoms with Crippen LogP contribution in [-0.4, -0.2) is 35.0 Å². The largest absolute Gasteiger partial charge is 0.496 e. The van der Waals surface area contributed by atoms with Gasteiger partial charge in [0, 0.05) is 6.54 Å². The Hall–Kier alpha value is -1.92. The van der Waals surface area contributed by atoms with Gasteiger partial charge in [0.25, 0.3) is 0 Å². The number of nitrogens with zero attached hydrogens (tertiary/aromatic N) is 2. The van der Waals surface area contributed by atoms with Crippen LogP contribution in [0, 0.1) is 0 Å². The average Bonchev–Trinajstić information content (AvgIpc) is 3.07. The second-order valence-corrected chi connectivity index (χ2v) is 4.51. The Balaban J connectivity index is 1.88. The molecule has 0 saturated carbocycles. The van der Waals surface area contributed by atoms with Gasteiger partial charge in [-0.25, -0.2) is 0 Å². The molecule has 100 valence electrons. The maximum atomic E-state index is 9.49. The van der Waals surface area contributed by atoms with Crippen molar-refractivity contribution < 1.29 is 14.4 Å². The minimum atomic E-state index is -0.355. The van der Waals surface area contributed by atoms with Crippen LogP contribution >= 0.6 is 0 Å². The fourth-order valence-corrected chi connectivity index (χ4v) is 2.22. The molecule has 0 bridgehead atoms. The summed E-state index contributed by atoms with van der Waals surface area (Å²) in [7, 11) is 1.61. The Morgan fingerprint density at radius 2 is 2.26 bits per heavy atom. The van der Waals surface area contributed by atoms with Gasteiger partial charge in [-0.2, -0.15) is 4.98 Å². The van der Waals surface area contributed by atoms with Crippen molar-refractivity contribution in [3.05, 3.63) is 30.2 Å². The van der Waals surface area contributed by atoms with Crippen molar-refractivity contribution in [2.45, 2.75) is 18.6 Å². The molecule has 2 heterocycles. The van der Waals surface area contributed by atoms with Crippen LogP contribution in [0.15, 0.2) is 28.8 Å². The highest BCUT2D eigenvalue weighted by molar-refractivity contribution is 5.63. The van der Waals surface area contributed by atoms with Gasteiger partial charge in [0.2, 0.25) is 11.7 Å². The zero-order valence-corrected chi connectivity index (χ0v) is 10.5. The van der Waals surface area contributed by atoms with Crippen LogP contribution in [0.1, 0.15) is 18.4 Å². The SMILES string of the molecule is COc1ccccc1-c1noc([C@H]2C[C@H](O)CN2)n1. The first-order chi connectivity index (χ1) is 9.28. The van der Waals surface area contributed by atoms with Gasteiger partial charge >= 0.3 is 0 Å². The number of benzene rings is 1. The lowest BCUT2D eigenvalue weighted by molar-refractivity contribution is 0.191. The van der Waals surface area contributed by atoms with Crippen LogP contribution in [0.4, 0.5) is 0 Å². The number of aromatic nitrogens is 2. The summed E-state index contributed by atoms with van der Waals surface area (Å²) >= 11 is 0. The molecular formula is C13H15N3O3. The quantitative estimate of drug-likeness (QED) is 0.862. The molecule has 6 heteroatoms. The molecule has 1 saturated heterocycles. The van der Waals surface area contributed by atoms with Gasteiger partial charge < -0.3 is 19.7 Å². The molecule has 2 N–H and O–H groups in total. The number of para-hydroxylation sites is 1. The fourth-order valence-electron chi connectivity index (χ4n) is 2.22. The van der Waals surface area contributed by atoms with Crippen molar-refractivity contribution in [3.63, 3.8) is 0 Å². The summed E-state index contributed by atoms with van der Waals surface area (Å²) in [5, 5.41) is 16.6. The van der Waals surface area contributed by atoms with Crippen LogP contribution in [0.2, 0.25) is 0 Å². The molecule has 1 aromatic heterocycles. The van der Waals surface area contributed by atoms with E-state index >= 15 is 0 Å². The summed E-state index contributed by atoms with van der Waals surface area (Å²) in [6.07, 6.45) is 0.236. The predicted octanol–water partition coefficient (Wildman–Crippen LogP) is 1.14. The molecule has 6 nitrogen and oxygen atoms in total. The van der Waals surface area contributed by atoms with Crippen LogP contribution < -0.4 is 10.1 Å². The van der Waals surface area contributed by atoms with Gasteiger partial charge in [-0.3, -0.25) is 0 Å². The van der Waals surface area contributed by atoms with Gasteiger partial charge in [0.15, 0.2) is 0 Å². The number of aliphatic hydroxyl groups is 1. The highest BCUT2D eigenvalue weighted by atomic mass is 16.5. The van der Waals surface area contributed by atoms with E-state index in [1.165, 1.54) is 0 Å². The molecular weight excluding hydrogens is 246 g/mol. The Bertz CT molecular complexity index is 570. The number of hydrogen-bond acceptors (Lipinski definition) is 6. The molecule has 0 radical (unpaired) electrons. The molecule has 1 aliphatic rings. The Labute approximate surface area is 110 Å². The van der Waals surface area contributed by atoms with Gasteiger partial charge in [-0.1, -0.05) is 17.3 Å². The van der Waals surface area contributed by atoms with Gasteiger partial charge in [0.1, 0.15) is 5.75 Å². The molecule has 1 fully saturated rings. The minimum Gasteiger partial charge on any atom is -0.496 e. The first-order valence-corrected chi connectivity index (χ1v) is 6.16. The number of ether oxygens (including phenoxy) is 1. The number of nitrogens with one attached hydrogen (secondary N) is 1. The summed E-state index contributed by atoms with van der Waals surface area (Å²) in [5.74, 6) is 1.70. The Morgan fingerprint density at radius 3 is 3.00 bits per heavy atom. The minimum absolute atomic E-state index is 0.0778. The van der Waals surface area contributed by atoms with Crippen molar-refractivity contribution >= 4 is 0 Å². The summed E-state index contributed by atoms with van der Waals surface area (Å²) in [6.45, 7) is 0.553. The standard InChI is InChI=1S/C13H15N3O3/c1-18-11-5-3-2-4-9(11)12-15-13(19-16-12)10-6-8(17)7-14-10/h2-5,8,10,14,17H,6-7H2,1H3/t8-,10+/m0/s1. The summed E-state index contributed by atoms with van der Waals surface area (Å²) in [4.78, 5) is 4.37. The molecule has 1 aliphatic heterocycles.